The summed E-state index contributed by atoms with van der Waals surface area (Å²) in [5, 5.41) is 0. The maximum absolute atomic E-state index is 12.7. The molecule has 17 heavy (non-hydrogen) atoms. The molecule has 1 unspecified atom stereocenters. The third-order valence-electron chi connectivity index (χ3n) is 3.19. The van der Waals surface area contributed by atoms with Crippen LogP contribution in [0.4, 0.5) is 4.39 Å². The molecule has 0 bridgehead atoms. The molecular formula is C13H19FN2O. The molecule has 2 rings (SSSR count). The molecule has 0 spiro atoms. The summed E-state index contributed by atoms with van der Waals surface area (Å²) in [6, 6.07) is 6.37. The van der Waals surface area contributed by atoms with Crippen LogP contribution in [0.2, 0.25) is 0 Å². The van der Waals surface area contributed by atoms with Gasteiger partial charge in [0.15, 0.2) is 0 Å². The molecule has 1 fully saturated rings. The first-order chi connectivity index (χ1) is 8.29. The highest BCUT2D eigenvalue weighted by atomic mass is 19.1. The van der Waals surface area contributed by atoms with Gasteiger partial charge in [0.2, 0.25) is 0 Å². The number of hydrogen-bond acceptors (Lipinski definition) is 3. The van der Waals surface area contributed by atoms with Gasteiger partial charge in [-0.2, -0.15) is 0 Å². The van der Waals surface area contributed by atoms with E-state index in [1.165, 1.54) is 25.0 Å². The summed E-state index contributed by atoms with van der Waals surface area (Å²) in [5.41, 5.74) is 5.76. The van der Waals surface area contributed by atoms with Crippen LogP contribution in [0.25, 0.3) is 0 Å². The van der Waals surface area contributed by atoms with Gasteiger partial charge in [0, 0.05) is 6.54 Å². The topological polar surface area (TPSA) is 38.5 Å². The van der Waals surface area contributed by atoms with E-state index in [2.05, 4.69) is 4.90 Å². The van der Waals surface area contributed by atoms with Gasteiger partial charge < -0.3 is 10.5 Å². The van der Waals surface area contributed by atoms with E-state index >= 15 is 0 Å². The second-order valence-corrected chi connectivity index (χ2v) is 4.40. The first-order valence-electron chi connectivity index (χ1n) is 6.12. The number of hydrogen-bond donors (Lipinski definition) is 1. The van der Waals surface area contributed by atoms with Crippen LogP contribution in [0, 0.1) is 5.82 Å². The number of likely N-dealkylation sites (tertiary alicyclic amines) is 1. The smallest absolute Gasteiger partial charge is 0.123 e. The van der Waals surface area contributed by atoms with E-state index < -0.39 is 0 Å². The number of ether oxygens (including phenoxy) is 1. The van der Waals surface area contributed by atoms with Crippen molar-refractivity contribution in [2.45, 2.75) is 18.9 Å². The summed E-state index contributed by atoms with van der Waals surface area (Å²) in [6.45, 7) is 3.38. The summed E-state index contributed by atoms with van der Waals surface area (Å²) in [5.74, 6) is 0.455. The van der Waals surface area contributed by atoms with Crippen molar-refractivity contribution in [3.63, 3.8) is 0 Å². The third-order valence-corrected chi connectivity index (χ3v) is 3.19. The van der Waals surface area contributed by atoms with Crippen molar-refractivity contribution in [2.75, 3.05) is 26.2 Å². The molecular weight excluding hydrogens is 219 g/mol. The molecule has 0 aromatic heterocycles. The molecule has 1 aromatic carbocycles. The van der Waals surface area contributed by atoms with E-state index in [0.29, 0.717) is 18.9 Å². The van der Waals surface area contributed by atoms with Gasteiger partial charge in [0.25, 0.3) is 0 Å². The summed E-state index contributed by atoms with van der Waals surface area (Å²) in [4.78, 5) is 2.36. The largest absolute Gasteiger partial charge is 0.492 e. The molecule has 1 aliphatic rings. The van der Waals surface area contributed by atoms with Crippen LogP contribution in [0.15, 0.2) is 24.3 Å². The van der Waals surface area contributed by atoms with E-state index in [9.17, 15) is 4.39 Å². The molecule has 94 valence electrons. The molecule has 2 N–H and O–H groups in total. The quantitative estimate of drug-likeness (QED) is 0.847. The van der Waals surface area contributed by atoms with Crippen LogP contribution in [0.3, 0.4) is 0 Å². The fourth-order valence-corrected chi connectivity index (χ4v) is 2.15. The summed E-state index contributed by atoms with van der Waals surface area (Å²) in [6.07, 6.45) is 2.49. The average molecular weight is 238 g/mol. The number of nitrogens with two attached hydrogens (primary N) is 1. The van der Waals surface area contributed by atoms with Crippen LogP contribution in [0.5, 0.6) is 5.75 Å². The van der Waals surface area contributed by atoms with Crippen LogP contribution >= 0.6 is 0 Å². The number of rotatable bonds is 5. The Morgan fingerprint density at radius 3 is 2.47 bits per heavy atom. The highest BCUT2D eigenvalue weighted by Crippen LogP contribution is 2.15. The zero-order valence-corrected chi connectivity index (χ0v) is 9.94. The first kappa shape index (κ1) is 12.3. The van der Waals surface area contributed by atoms with Crippen LogP contribution in [0.1, 0.15) is 12.8 Å². The van der Waals surface area contributed by atoms with E-state index in [1.807, 2.05) is 0 Å². The van der Waals surface area contributed by atoms with Gasteiger partial charge in [0.05, 0.1) is 6.04 Å². The molecule has 0 radical (unpaired) electrons. The maximum Gasteiger partial charge on any atom is 0.123 e. The van der Waals surface area contributed by atoms with Crippen molar-refractivity contribution < 1.29 is 9.13 Å². The highest BCUT2D eigenvalue weighted by molar-refractivity contribution is 5.22. The van der Waals surface area contributed by atoms with E-state index in [0.717, 1.165) is 13.1 Å². The first-order valence-corrected chi connectivity index (χ1v) is 6.12. The molecule has 1 aromatic rings. The molecule has 1 heterocycles. The normalized spacial score (nSPS) is 18.2. The molecule has 0 amide bonds. The van der Waals surface area contributed by atoms with E-state index in [1.54, 1.807) is 12.1 Å². The minimum Gasteiger partial charge on any atom is -0.492 e. The predicted molar refractivity (Wildman–Crippen MR) is 65.5 cm³/mol. The van der Waals surface area contributed by atoms with Gasteiger partial charge in [0.1, 0.15) is 18.2 Å². The second-order valence-electron chi connectivity index (χ2n) is 4.40. The zero-order chi connectivity index (χ0) is 12.1. The molecule has 4 heteroatoms. The lowest BCUT2D eigenvalue weighted by Gasteiger charge is -2.26. The highest BCUT2D eigenvalue weighted by Gasteiger charge is 2.21. The number of benzene rings is 1. The van der Waals surface area contributed by atoms with Crippen molar-refractivity contribution in [1.82, 2.24) is 4.90 Å². The molecule has 0 aliphatic carbocycles. The Labute approximate surface area is 101 Å². The standard InChI is InChI=1S/C13H19FN2O/c14-11-3-5-13(6-4-11)17-10-12(9-15)16-7-1-2-8-16/h3-6,12H,1-2,7-10,15H2. The van der Waals surface area contributed by atoms with Gasteiger partial charge in [-0.15, -0.1) is 0 Å². The molecule has 1 atom stereocenters. The minimum atomic E-state index is -0.243. The van der Waals surface area contributed by atoms with E-state index in [-0.39, 0.29) is 11.9 Å². The maximum atomic E-state index is 12.7. The minimum absolute atomic E-state index is 0.243. The Morgan fingerprint density at radius 2 is 1.88 bits per heavy atom. The van der Waals surface area contributed by atoms with Crippen LogP contribution in [-0.2, 0) is 0 Å². The lowest BCUT2D eigenvalue weighted by atomic mass is 10.2. The Balaban J connectivity index is 1.84. The molecule has 1 saturated heterocycles. The molecule has 0 saturated carbocycles. The van der Waals surface area contributed by atoms with Crippen molar-refractivity contribution in [1.29, 1.82) is 0 Å². The van der Waals surface area contributed by atoms with Crippen LogP contribution < -0.4 is 10.5 Å². The van der Waals surface area contributed by atoms with Crippen molar-refractivity contribution in [3.05, 3.63) is 30.1 Å². The summed E-state index contributed by atoms with van der Waals surface area (Å²) >= 11 is 0. The number of nitrogens with zero attached hydrogens (tertiary/aromatic N) is 1. The van der Waals surface area contributed by atoms with Crippen LogP contribution in [-0.4, -0.2) is 37.2 Å². The zero-order valence-electron chi connectivity index (χ0n) is 9.94. The van der Waals surface area contributed by atoms with Crippen molar-refractivity contribution in [2.24, 2.45) is 5.73 Å². The third kappa shape index (κ3) is 3.41. The van der Waals surface area contributed by atoms with Gasteiger partial charge in [-0.25, -0.2) is 4.39 Å². The Kier molecular flexibility index (Phi) is 4.34. The van der Waals surface area contributed by atoms with E-state index in [4.69, 9.17) is 10.5 Å². The molecule has 1 aliphatic heterocycles. The molecule has 3 nitrogen and oxygen atoms in total. The Bertz CT molecular complexity index is 336. The van der Waals surface area contributed by atoms with Gasteiger partial charge >= 0.3 is 0 Å². The lowest BCUT2D eigenvalue weighted by molar-refractivity contribution is 0.164. The summed E-state index contributed by atoms with van der Waals surface area (Å²) in [7, 11) is 0. The fraction of sp³-hybridized carbons (Fsp3) is 0.538. The van der Waals surface area contributed by atoms with Crippen molar-refractivity contribution >= 4 is 0 Å². The lowest BCUT2D eigenvalue weighted by Crippen LogP contribution is -2.42. The Morgan fingerprint density at radius 1 is 1.24 bits per heavy atom. The average Bonchev–Trinajstić information content (AvgIpc) is 2.86. The van der Waals surface area contributed by atoms with Gasteiger partial charge in [-0.05, 0) is 50.2 Å². The number of halogens is 1. The van der Waals surface area contributed by atoms with Gasteiger partial charge in [-0.3, -0.25) is 4.90 Å². The summed E-state index contributed by atoms with van der Waals surface area (Å²) < 4.78 is 18.4. The predicted octanol–water partition coefficient (Wildman–Crippen LogP) is 1.63. The van der Waals surface area contributed by atoms with Gasteiger partial charge in [-0.1, -0.05) is 0 Å². The fourth-order valence-electron chi connectivity index (χ4n) is 2.15. The SMILES string of the molecule is NCC(COc1ccc(F)cc1)N1CCCC1. The van der Waals surface area contributed by atoms with Crippen molar-refractivity contribution in [3.8, 4) is 5.75 Å². The Hall–Kier alpha value is -1.13. The second kappa shape index (κ2) is 5.98. The monoisotopic (exact) mass is 238 g/mol.